The molecule has 0 aliphatic carbocycles. The van der Waals surface area contributed by atoms with E-state index in [4.69, 9.17) is 0 Å². The highest BCUT2D eigenvalue weighted by atomic mass is 15.3. The van der Waals surface area contributed by atoms with E-state index < -0.39 is 0 Å². The first-order valence-corrected chi connectivity index (χ1v) is 7.73. The summed E-state index contributed by atoms with van der Waals surface area (Å²) in [6.45, 7) is 13.3. The third-order valence-electron chi connectivity index (χ3n) is 4.59. The van der Waals surface area contributed by atoms with Gasteiger partial charge < -0.3 is 10.2 Å². The van der Waals surface area contributed by atoms with E-state index in [9.17, 15) is 0 Å². The molecule has 1 atom stereocenters. The molecular formula is C17H29N3. The molecule has 0 spiro atoms. The maximum Gasteiger partial charge on any atom is 0.0367 e. The number of rotatable bonds is 4. The summed E-state index contributed by atoms with van der Waals surface area (Å²) in [5.41, 5.74) is 2.95. The summed E-state index contributed by atoms with van der Waals surface area (Å²) in [7, 11) is 2.22. The summed E-state index contributed by atoms with van der Waals surface area (Å²) in [5.74, 6) is 0. The Labute approximate surface area is 124 Å². The van der Waals surface area contributed by atoms with E-state index in [2.05, 4.69) is 74.1 Å². The summed E-state index contributed by atoms with van der Waals surface area (Å²) < 4.78 is 0. The maximum atomic E-state index is 3.46. The molecule has 0 bridgehead atoms. The Balaban J connectivity index is 2.07. The quantitative estimate of drug-likeness (QED) is 0.911. The Kier molecular flexibility index (Phi) is 4.71. The van der Waals surface area contributed by atoms with E-state index in [0.717, 1.165) is 26.2 Å². The van der Waals surface area contributed by atoms with E-state index >= 15 is 0 Å². The average Bonchev–Trinajstić information content (AvgIpc) is 2.42. The summed E-state index contributed by atoms with van der Waals surface area (Å²) in [6.07, 6.45) is 0. The highest BCUT2D eigenvalue weighted by molar-refractivity contribution is 5.49. The van der Waals surface area contributed by atoms with Gasteiger partial charge in [-0.25, -0.2) is 0 Å². The van der Waals surface area contributed by atoms with Gasteiger partial charge in [0.1, 0.15) is 0 Å². The molecule has 1 aliphatic heterocycles. The predicted octanol–water partition coefficient (Wildman–Crippen LogP) is 2.89. The Morgan fingerprint density at radius 2 is 1.85 bits per heavy atom. The molecule has 0 radical (unpaired) electrons. The molecule has 1 aromatic carbocycles. The second kappa shape index (κ2) is 6.15. The van der Waals surface area contributed by atoms with Crippen molar-refractivity contribution in [1.29, 1.82) is 0 Å². The fourth-order valence-electron chi connectivity index (χ4n) is 2.86. The van der Waals surface area contributed by atoms with Crippen molar-refractivity contribution >= 4 is 5.69 Å². The molecule has 1 aliphatic rings. The number of nitrogens with one attached hydrogen (secondary N) is 1. The van der Waals surface area contributed by atoms with Crippen molar-refractivity contribution in [3.8, 4) is 0 Å². The van der Waals surface area contributed by atoms with Gasteiger partial charge in [0.05, 0.1) is 0 Å². The van der Waals surface area contributed by atoms with E-state index in [1.54, 1.807) is 0 Å². The van der Waals surface area contributed by atoms with Gasteiger partial charge in [0.2, 0.25) is 0 Å². The van der Waals surface area contributed by atoms with Gasteiger partial charge in [-0.2, -0.15) is 0 Å². The van der Waals surface area contributed by atoms with Crippen LogP contribution in [0.5, 0.6) is 0 Å². The van der Waals surface area contributed by atoms with Gasteiger partial charge in [-0.05, 0) is 52.1 Å². The minimum atomic E-state index is 0.244. The smallest absolute Gasteiger partial charge is 0.0367 e. The van der Waals surface area contributed by atoms with Crippen molar-refractivity contribution in [2.75, 3.05) is 38.1 Å². The van der Waals surface area contributed by atoms with Crippen molar-refractivity contribution in [3.63, 3.8) is 0 Å². The van der Waals surface area contributed by atoms with E-state index in [1.807, 2.05) is 0 Å². The Bertz CT molecular complexity index is 424. The molecule has 1 unspecified atom stereocenters. The first-order chi connectivity index (χ1) is 9.44. The van der Waals surface area contributed by atoms with Crippen LogP contribution in [0.2, 0.25) is 0 Å². The molecule has 1 aromatic rings. The molecular weight excluding hydrogens is 246 g/mol. The molecule has 2 rings (SSSR count). The van der Waals surface area contributed by atoms with Crippen LogP contribution in [0, 0.1) is 0 Å². The molecule has 1 heterocycles. The predicted molar refractivity (Wildman–Crippen MR) is 87.5 cm³/mol. The van der Waals surface area contributed by atoms with Crippen molar-refractivity contribution in [3.05, 3.63) is 29.8 Å². The van der Waals surface area contributed by atoms with Gasteiger partial charge in [0, 0.05) is 36.9 Å². The van der Waals surface area contributed by atoms with Crippen LogP contribution in [-0.2, 0) is 0 Å². The number of hydrogen-bond acceptors (Lipinski definition) is 3. The Morgan fingerprint density at radius 1 is 1.20 bits per heavy atom. The molecule has 3 heteroatoms. The first kappa shape index (κ1) is 15.3. The third-order valence-corrected chi connectivity index (χ3v) is 4.59. The third kappa shape index (κ3) is 3.33. The van der Waals surface area contributed by atoms with Gasteiger partial charge in [-0.15, -0.1) is 0 Å². The maximum absolute atomic E-state index is 3.46. The highest BCUT2D eigenvalue weighted by Crippen LogP contribution is 2.25. The lowest BCUT2D eigenvalue weighted by Crippen LogP contribution is -2.57. The zero-order valence-corrected chi connectivity index (χ0v) is 13.6. The van der Waals surface area contributed by atoms with Crippen LogP contribution in [0.1, 0.15) is 39.3 Å². The number of benzene rings is 1. The highest BCUT2D eigenvalue weighted by Gasteiger charge is 2.30. The topological polar surface area (TPSA) is 18.5 Å². The molecule has 0 amide bonds. The van der Waals surface area contributed by atoms with Crippen molar-refractivity contribution in [2.45, 2.75) is 39.3 Å². The molecule has 1 saturated heterocycles. The summed E-state index contributed by atoms with van der Waals surface area (Å²) in [4.78, 5) is 4.95. The second-order valence-corrected chi connectivity index (χ2v) is 6.53. The average molecular weight is 275 g/mol. The summed E-state index contributed by atoms with van der Waals surface area (Å²) in [6, 6.07) is 9.48. The Hall–Kier alpha value is -1.06. The Morgan fingerprint density at radius 3 is 2.40 bits per heavy atom. The number of likely N-dealkylation sites (N-methyl/N-ethyl adjacent to an activating group) is 1. The SMILES string of the molecule is CCNC(C)c1ccc(N2CCN(C)C(C)(C)C2)cc1. The van der Waals surface area contributed by atoms with E-state index in [1.165, 1.54) is 11.3 Å². The van der Waals surface area contributed by atoms with Gasteiger partial charge >= 0.3 is 0 Å². The lowest BCUT2D eigenvalue weighted by molar-refractivity contribution is 0.139. The largest absolute Gasteiger partial charge is 0.368 e. The second-order valence-electron chi connectivity index (χ2n) is 6.53. The van der Waals surface area contributed by atoms with E-state index in [-0.39, 0.29) is 5.54 Å². The summed E-state index contributed by atoms with van der Waals surface area (Å²) >= 11 is 0. The fourth-order valence-corrected chi connectivity index (χ4v) is 2.86. The lowest BCUT2D eigenvalue weighted by Gasteiger charge is -2.46. The minimum absolute atomic E-state index is 0.244. The minimum Gasteiger partial charge on any atom is -0.368 e. The fraction of sp³-hybridized carbons (Fsp3) is 0.647. The van der Waals surface area contributed by atoms with Gasteiger partial charge in [0.25, 0.3) is 0 Å². The normalized spacial score (nSPS) is 20.9. The monoisotopic (exact) mass is 275 g/mol. The van der Waals surface area contributed by atoms with E-state index in [0.29, 0.717) is 6.04 Å². The zero-order valence-electron chi connectivity index (χ0n) is 13.6. The van der Waals surface area contributed by atoms with Crippen molar-refractivity contribution in [2.24, 2.45) is 0 Å². The van der Waals surface area contributed by atoms with Crippen LogP contribution >= 0.6 is 0 Å². The number of piperazine rings is 1. The van der Waals surface area contributed by atoms with Gasteiger partial charge in [-0.1, -0.05) is 19.1 Å². The molecule has 0 saturated carbocycles. The lowest BCUT2D eigenvalue weighted by atomic mass is 9.99. The first-order valence-electron chi connectivity index (χ1n) is 7.73. The molecule has 1 fully saturated rings. The molecule has 20 heavy (non-hydrogen) atoms. The number of nitrogens with zero attached hydrogens (tertiary/aromatic N) is 2. The molecule has 112 valence electrons. The van der Waals surface area contributed by atoms with Crippen molar-refractivity contribution < 1.29 is 0 Å². The number of anilines is 1. The standard InChI is InChI=1S/C17H29N3/c1-6-18-14(2)15-7-9-16(10-8-15)20-12-11-19(5)17(3,4)13-20/h7-10,14,18H,6,11-13H2,1-5H3. The molecule has 1 N–H and O–H groups in total. The van der Waals surface area contributed by atoms with Crippen LogP contribution in [0.3, 0.4) is 0 Å². The number of hydrogen-bond donors (Lipinski definition) is 1. The zero-order chi connectivity index (χ0) is 14.8. The molecule has 0 aromatic heterocycles. The van der Waals surface area contributed by atoms with Crippen LogP contribution in [0.4, 0.5) is 5.69 Å². The molecule has 3 nitrogen and oxygen atoms in total. The van der Waals surface area contributed by atoms with Crippen LogP contribution < -0.4 is 10.2 Å². The van der Waals surface area contributed by atoms with Crippen LogP contribution in [0.15, 0.2) is 24.3 Å². The summed E-state index contributed by atoms with van der Waals surface area (Å²) in [5, 5.41) is 3.46. The van der Waals surface area contributed by atoms with Crippen LogP contribution in [-0.4, -0.2) is 43.7 Å². The van der Waals surface area contributed by atoms with Crippen LogP contribution in [0.25, 0.3) is 0 Å². The van der Waals surface area contributed by atoms with Crippen molar-refractivity contribution in [1.82, 2.24) is 10.2 Å². The van der Waals surface area contributed by atoms with Gasteiger partial charge in [-0.3, -0.25) is 4.90 Å². The van der Waals surface area contributed by atoms with Gasteiger partial charge in [0.15, 0.2) is 0 Å².